The van der Waals surface area contributed by atoms with Crippen LogP contribution in [0.15, 0.2) is 152 Å². The summed E-state index contributed by atoms with van der Waals surface area (Å²) >= 11 is -0.826. The Bertz CT molecular complexity index is 2450. The number of unbranched alkanes of at least 4 members (excludes halogenated alkanes) is 2. The SMILES string of the molecule is CCCCc1cc2c(-c3ccccc3)c(C(C)(C)C)ccc2[cH-]1.CCCCc1cc2c(-c3ccccc3)c(C(C)(C)C)ccc2[cH-]1.[Cl][Zr][Cl].[c-]1cccc2c1[Si]c1ccccc1-2. The van der Waals surface area contributed by atoms with Crippen molar-refractivity contribution in [2.24, 2.45) is 0 Å². The van der Waals surface area contributed by atoms with E-state index in [-0.39, 0.29) is 10.8 Å². The van der Waals surface area contributed by atoms with E-state index < -0.39 is 20.8 Å². The van der Waals surface area contributed by atoms with Crippen LogP contribution >= 0.6 is 17.0 Å². The van der Waals surface area contributed by atoms with E-state index >= 15 is 0 Å². The van der Waals surface area contributed by atoms with E-state index in [0.717, 1.165) is 9.52 Å². The summed E-state index contributed by atoms with van der Waals surface area (Å²) in [4.78, 5) is 0. The third-order valence-corrected chi connectivity index (χ3v) is 13.0. The van der Waals surface area contributed by atoms with Crippen molar-refractivity contribution in [2.45, 2.75) is 105 Å². The minimum atomic E-state index is -0.826. The fraction of sp³-hybridized carbons (Fsp3) is 0.276. The molecule has 0 aromatic heterocycles. The van der Waals surface area contributed by atoms with Crippen LogP contribution < -0.4 is 10.4 Å². The van der Waals surface area contributed by atoms with Crippen molar-refractivity contribution in [3.8, 4) is 33.4 Å². The molecule has 8 aromatic carbocycles. The molecule has 8 aromatic rings. The monoisotopic (exact) mass is 945 g/mol. The van der Waals surface area contributed by atoms with Crippen LogP contribution in [-0.4, -0.2) is 9.52 Å². The maximum absolute atomic E-state index is 4.93. The van der Waals surface area contributed by atoms with Gasteiger partial charge in [-0.1, -0.05) is 199 Å². The Morgan fingerprint density at radius 3 is 1.44 bits per heavy atom. The fourth-order valence-electron chi connectivity index (χ4n) is 8.55. The molecule has 0 bridgehead atoms. The Balaban J connectivity index is 0.000000155. The zero-order valence-corrected chi connectivity index (χ0v) is 42.9. The largest absolute Gasteiger partial charge is 0.184 e. The van der Waals surface area contributed by atoms with Crippen molar-refractivity contribution in [1.29, 1.82) is 0 Å². The molecular formula is C58H61Cl2SiZr-3. The van der Waals surface area contributed by atoms with Crippen molar-refractivity contribution < 1.29 is 20.8 Å². The molecule has 1 heterocycles. The van der Waals surface area contributed by atoms with Crippen molar-refractivity contribution in [3.05, 3.63) is 180 Å². The molecule has 1 aliphatic rings. The van der Waals surface area contributed by atoms with Crippen molar-refractivity contribution >= 4 is 58.5 Å². The first-order valence-electron chi connectivity index (χ1n) is 22.3. The molecule has 0 saturated heterocycles. The van der Waals surface area contributed by atoms with Crippen LogP contribution in [0.1, 0.15) is 103 Å². The molecule has 0 N–H and O–H groups in total. The van der Waals surface area contributed by atoms with Crippen molar-refractivity contribution in [1.82, 2.24) is 0 Å². The predicted molar refractivity (Wildman–Crippen MR) is 272 cm³/mol. The van der Waals surface area contributed by atoms with Gasteiger partial charge in [-0.15, -0.1) is 74.6 Å². The maximum Gasteiger partial charge on any atom is 0.0920 e. The van der Waals surface area contributed by atoms with Gasteiger partial charge in [-0.3, -0.25) is 0 Å². The Kier molecular flexibility index (Phi) is 17.1. The van der Waals surface area contributed by atoms with Gasteiger partial charge in [-0.2, -0.15) is 41.6 Å². The first kappa shape index (κ1) is 47.7. The molecule has 4 heteroatoms. The maximum atomic E-state index is 4.93. The number of hydrogen-bond acceptors (Lipinski definition) is 0. The van der Waals surface area contributed by atoms with Gasteiger partial charge in [0.2, 0.25) is 0 Å². The average Bonchev–Trinajstić information content (AvgIpc) is 4.00. The van der Waals surface area contributed by atoms with Crippen LogP contribution in [0.25, 0.3) is 54.9 Å². The summed E-state index contributed by atoms with van der Waals surface area (Å²) in [6.45, 7) is 18.4. The van der Waals surface area contributed by atoms with Crippen LogP contribution in [-0.2, 0) is 44.5 Å². The molecule has 0 atom stereocenters. The second-order valence-electron chi connectivity index (χ2n) is 18.3. The van der Waals surface area contributed by atoms with Gasteiger partial charge in [0, 0.05) is 0 Å². The summed E-state index contributed by atoms with van der Waals surface area (Å²) in [5.41, 5.74) is 14.4. The molecule has 318 valence electrons. The van der Waals surface area contributed by atoms with Gasteiger partial charge in [-0.25, -0.2) is 0 Å². The van der Waals surface area contributed by atoms with Crippen LogP contribution in [0.4, 0.5) is 0 Å². The normalized spacial score (nSPS) is 11.7. The van der Waals surface area contributed by atoms with E-state index in [0.29, 0.717) is 0 Å². The Hall–Kier alpha value is -3.78. The zero-order chi connectivity index (χ0) is 44.3. The zero-order valence-electron chi connectivity index (χ0n) is 37.9. The molecule has 0 saturated carbocycles. The van der Waals surface area contributed by atoms with E-state index in [9.17, 15) is 0 Å². The molecule has 0 fully saturated rings. The van der Waals surface area contributed by atoms with E-state index in [1.165, 1.54) is 126 Å². The number of halogens is 2. The van der Waals surface area contributed by atoms with Gasteiger partial charge in [-0.05, 0) is 34.8 Å². The van der Waals surface area contributed by atoms with Gasteiger partial charge in [0.15, 0.2) is 0 Å². The van der Waals surface area contributed by atoms with Gasteiger partial charge < -0.3 is 0 Å². The summed E-state index contributed by atoms with van der Waals surface area (Å²) in [7, 11) is 10.7. The fourth-order valence-corrected chi connectivity index (χ4v) is 9.86. The number of hydrogen-bond donors (Lipinski definition) is 0. The number of fused-ring (bicyclic) bond motifs is 5. The van der Waals surface area contributed by atoms with E-state index in [1.807, 2.05) is 6.07 Å². The summed E-state index contributed by atoms with van der Waals surface area (Å²) in [6, 6.07) is 58.7. The summed E-state index contributed by atoms with van der Waals surface area (Å²) in [5, 5.41) is 8.40. The molecule has 0 unspecified atom stereocenters. The summed E-state index contributed by atoms with van der Waals surface area (Å²) in [5.74, 6) is 0. The molecule has 0 nitrogen and oxygen atoms in total. The summed E-state index contributed by atoms with van der Waals surface area (Å²) in [6.07, 6.45) is 7.40. The van der Waals surface area contributed by atoms with E-state index in [4.69, 9.17) is 17.0 Å². The Labute approximate surface area is 394 Å². The average molecular weight is 948 g/mol. The van der Waals surface area contributed by atoms with Crippen LogP contribution in [0, 0.1) is 6.07 Å². The molecular weight excluding hydrogens is 887 g/mol. The third kappa shape index (κ3) is 11.9. The van der Waals surface area contributed by atoms with Gasteiger partial charge in [0.1, 0.15) is 0 Å². The van der Waals surface area contributed by atoms with Crippen LogP contribution in [0.5, 0.6) is 0 Å². The smallest absolute Gasteiger partial charge is 0.0920 e. The molecule has 0 amide bonds. The number of rotatable bonds is 8. The quantitative estimate of drug-likeness (QED) is 0.105. The van der Waals surface area contributed by atoms with Crippen LogP contribution in [0.3, 0.4) is 0 Å². The Morgan fingerprint density at radius 2 is 0.984 bits per heavy atom. The molecule has 62 heavy (non-hydrogen) atoms. The molecule has 0 aliphatic carbocycles. The Morgan fingerprint density at radius 1 is 0.548 bits per heavy atom. The second-order valence-corrected chi connectivity index (χ2v) is 23.4. The standard InChI is InChI=1S/2C23H27.C12H7Si.2ClH.Zr/c2*1-5-6-10-17-15-19-13-14-21(23(2,3)4)22(20(19)16-17)18-11-8-7-9-12-18;1-3-7-11-9(5-1)10-6-2-4-8-12(10)13-11;;;/h2*7-9,11-16H,5-6,10H2,1-4H3;1-7H;2*1H;/q3*-1;;;+2/p-2. The minimum Gasteiger partial charge on any atom is -0.184 e. The molecule has 9 rings (SSSR count). The topological polar surface area (TPSA) is 0 Å². The molecule has 1 aliphatic heterocycles. The second kappa shape index (κ2) is 22.2. The van der Waals surface area contributed by atoms with Crippen molar-refractivity contribution in [3.63, 3.8) is 0 Å². The van der Waals surface area contributed by atoms with Crippen molar-refractivity contribution in [2.75, 3.05) is 0 Å². The first-order chi connectivity index (χ1) is 29.9. The van der Waals surface area contributed by atoms with Gasteiger partial charge in [0.05, 0.1) is 9.52 Å². The number of aryl methyl sites for hydroxylation is 2. The number of benzene rings is 6. The first-order valence-corrected chi connectivity index (χ1v) is 29.6. The van der Waals surface area contributed by atoms with E-state index in [1.54, 1.807) is 0 Å². The van der Waals surface area contributed by atoms with Crippen LogP contribution in [0.2, 0.25) is 0 Å². The molecule has 2 radical (unpaired) electrons. The third-order valence-electron chi connectivity index (χ3n) is 11.6. The van der Waals surface area contributed by atoms with Gasteiger partial charge >= 0.3 is 37.9 Å². The predicted octanol–water partition coefficient (Wildman–Crippen LogP) is 16.2. The van der Waals surface area contributed by atoms with E-state index in [2.05, 4.69) is 207 Å². The van der Waals surface area contributed by atoms with Gasteiger partial charge in [0.25, 0.3) is 0 Å². The summed E-state index contributed by atoms with van der Waals surface area (Å²) < 4.78 is 0. The minimum absolute atomic E-state index is 0.139. The molecule has 0 spiro atoms.